The van der Waals surface area contributed by atoms with Crippen LogP contribution in [0.1, 0.15) is 46.5 Å². The fourth-order valence-corrected chi connectivity index (χ4v) is 5.52. The van der Waals surface area contributed by atoms with Crippen LogP contribution in [0.5, 0.6) is 5.75 Å². The molecular weight excluding hydrogens is 577 g/mol. The highest BCUT2D eigenvalue weighted by Gasteiger charge is 2.44. The first-order valence-electron chi connectivity index (χ1n) is 14.2. The minimum atomic E-state index is -3.14. The van der Waals surface area contributed by atoms with E-state index in [2.05, 4.69) is 19.9 Å². The number of rotatable bonds is 12. The highest BCUT2D eigenvalue weighted by molar-refractivity contribution is 6.30. The number of nitrogens with zero attached hydrogens (tertiary/aromatic N) is 2. The van der Waals surface area contributed by atoms with Crippen molar-refractivity contribution in [3.63, 3.8) is 0 Å². The van der Waals surface area contributed by atoms with Gasteiger partial charge in [0, 0.05) is 50.1 Å². The largest absolute Gasteiger partial charge is 0.466 e. The van der Waals surface area contributed by atoms with Gasteiger partial charge in [-0.1, -0.05) is 25.4 Å². The van der Waals surface area contributed by atoms with Crippen molar-refractivity contribution in [1.82, 2.24) is 4.90 Å². The van der Waals surface area contributed by atoms with Gasteiger partial charge in [-0.05, 0) is 56.6 Å². The smallest absolute Gasteiger partial charge is 0.387 e. The summed E-state index contributed by atoms with van der Waals surface area (Å²) in [7, 11) is 0. The molecule has 1 aromatic carbocycles. The van der Waals surface area contributed by atoms with Gasteiger partial charge < -0.3 is 30.2 Å². The summed E-state index contributed by atoms with van der Waals surface area (Å²) < 4.78 is 56.4. The van der Waals surface area contributed by atoms with Gasteiger partial charge in [-0.2, -0.15) is 8.78 Å². The van der Waals surface area contributed by atoms with Crippen molar-refractivity contribution in [1.29, 1.82) is 0 Å². The van der Waals surface area contributed by atoms with E-state index in [0.29, 0.717) is 32.8 Å². The number of nitrogens with two attached hydrogens (primary N) is 1. The number of ether oxygens (including phenoxy) is 3. The Bertz CT molecular complexity index is 1140. The van der Waals surface area contributed by atoms with Crippen LogP contribution < -0.4 is 15.8 Å². The van der Waals surface area contributed by atoms with E-state index in [9.17, 15) is 22.8 Å². The van der Waals surface area contributed by atoms with E-state index < -0.39 is 29.8 Å². The molecule has 2 saturated heterocycles. The molecule has 0 radical (unpaired) electrons. The van der Waals surface area contributed by atoms with Crippen LogP contribution in [0, 0.1) is 17.8 Å². The van der Waals surface area contributed by atoms with Gasteiger partial charge in [-0.15, -0.1) is 0 Å². The fraction of sp³-hybridized carbons (Fsp3) is 0.621. The van der Waals surface area contributed by atoms with E-state index in [1.54, 1.807) is 20.8 Å². The van der Waals surface area contributed by atoms with Crippen molar-refractivity contribution in [2.24, 2.45) is 28.5 Å². The number of piperidine rings is 1. The van der Waals surface area contributed by atoms with Crippen molar-refractivity contribution in [3.05, 3.63) is 35.2 Å². The highest BCUT2D eigenvalue weighted by Crippen LogP contribution is 2.35. The lowest BCUT2D eigenvalue weighted by atomic mass is 9.83. The summed E-state index contributed by atoms with van der Waals surface area (Å²) in [6, 6.07) is 3.95. The number of esters is 1. The molecule has 1 amide bonds. The summed E-state index contributed by atoms with van der Waals surface area (Å²) in [5.41, 5.74) is 4.01. The average Bonchev–Trinajstić information content (AvgIpc) is 2.96. The number of carbonyl (C=O) groups is 2. The summed E-state index contributed by atoms with van der Waals surface area (Å²) in [5, 5.41) is 2.80. The Morgan fingerprint density at radius 1 is 1.26 bits per heavy atom. The zero-order valence-corrected chi connectivity index (χ0v) is 25.0. The fourth-order valence-electron chi connectivity index (χ4n) is 5.36. The molecular formula is C29H40ClF3N4O5. The summed E-state index contributed by atoms with van der Waals surface area (Å²) in [4.78, 5) is 33.5. The maximum Gasteiger partial charge on any atom is 0.387 e. The summed E-state index contributed by atoms with van der Waals surface area (Å²) in [6.45, 7) is 4.70. The maximum absolute atomic E-state index is 14.8. The van der Waals surface area contributed by atoms with Crippen LogP contribution in [-0.2, 0) is 19.1 Å². The van der Waals surface area contributed by atoms with Gasteiger partial charge in [0.2, 0.25) is 0 Å². The molecule has 13 heteroatoms. The number of allylic oxidation sites excluding steroid dienone is 1. The van der Waals surface area contributed by atoms with E-state index in [0.717, 1.165) is 19.0 Å². The molecule has 3 N–H and O–H groups in total. The lowest BCUT2D eigenvalue weighted by molar-refractivity contribution is -0.152. The Labute approximate surface area is 249 Å². The number of anilines is 1. The monoisotopic (exact) mass is 616 g/mol. The van der Waals surface area contributed by atoms with E-state index in [1.807, 2.05) is 0 Å². The molecule has 0 spiro atoms. The number of carbonyl (C=O) groups excluding carboxylic acids is 2. The third-order valence-electron chi connectivity index (χ3n) is 7.67. The number of benzene rings is 1. The molecule has 2 heterocycles. The Morgan fingerprint density at radius 2 is 1.93 bits per heavy atom. The second kappa shape index (κ2) is 15.6. The number of hydrogen-bond donors (Lipinski definition) is 2. The molecule has 234 valence electrons. The van der Waals surface area contributed by atoms with Crippen molar-refractivity contribution in [2.75, 3.05) is 44.8 Å². The van der Waals surface area contributed by atoms with Gasteiger partial charge in [0.25, 0.3) is 5.91 Å². The number of nitrogens with one attached hydrogen (secondary N) is 1. The first-order chi connectivity index (χ1) is 20.0. The van der Waals surface area contributed by atoms with Gasteiger partial charge in [0.1, 0.15) is 5.54 Å². The van der Waals surface area contributed by atoms with Gasteiger partial charge in [-0.25, -0.2) is 4.39 Å². The van der Waals surface area contributed by atoms with Crippen LogP contribution in [0.4, 0.5) is 18.9 Å². The standard InChI is InChI=1S/C29H40ClF3N4O5/c1-4-41-26(38)21(19-7-13-40-14-8-19)17-37-11-9-29(10-12-37,36-25(18(2)3)22(31)16-34)27(39)35-23-6-5-20(30)15-24(23)42-28(32)33/h5-6,15-16,18-19,21,28H,4,7-14,17,34H2,1-3H3,(H,35,39)/b22-16+,36-25?/t21-/m0/s1. The Kier molecular flexibility index (Phi) is 12.5. The Hall–Kier alpha value is -2.83. The molecule has 9 nitrogen and oxygen atoms in total. The van der Waals surface area contributed by atoms with Gasteiger partial charge >= 0.3 is 12.6 Å². The Balaban J connectivity index is 1.89. The van der Waals surface area contributed by atoms with Crippen LogP contribution in [0.15, 0.2) is 35.2 Å². The van der Waals surface area contributed by atoms with E-state index in [4.69, 9.17) is 26.8 Å². The number of likely N-dealkylation sites (tertiary alicyclic amines) is 1. The lowest BCUT2D eigenvalue weighted by Crippen LogP contribution is -2.53. The molecule has 0 bridgehead atoms. The molecule has 3 rings (SSSR count). The van der Waals surface area contributed by atoms with Gasteiger partial charge in [0.05, 0.1) is 23.9 Å². The van der Waals surface area contributed by atoms with Crippen molar-refractivity contribution in [3.8, 4) is 5.75 Å². The highest BCUT2D eigenvalue weighted by atomic mass is 35.5. The SMILES string of the molecule is CCOC(=O)[C@@H](CN1CCC(N=C(/C(F)=C\N)C(C)C)(C(=O)Nc2ccc(Cl)cc2OC(F)F)CC1)C1CCOCC1. The predicted molar refractivity (Wildman–Crippen MR) is 154 cm³/mol. The average molecular weight is 617 g/mol. The number of amides is 1. The lowest BCUT2D eigenvalue weighted by Gasteiger charge is -2.41. The molecule has 0 aliphatic carbocycles. The number of aliphatic imine (C=N–C) groups is 1. The first-order valence-corrected chi connectivity index (χ1v) is 14.6. The number of halogens is 4. The molecule has 2 aliphatic heterocycles. The topological polar surface area (TPSA) is 115 Å². The van der Waals surface area contributed by atoms with Crippen LogP contribution >= 0.6 is 11.6 Å². The van der Waals surface area contributed by atoms with E-state index >= 15 is 0 Å². The van der Waals surface area contributed by atoms with Crippen LogP contribution in [0.3, 0.4) is 0 Å². The molecule has 1 atom stereocenters. The van der Waals surface area contributed by atoms with Crippen LogP contribution in [0.25, 0.3) is 0 Å². The summed E-state index contributed by atoms with van der Waals surface area (Å²) in [6.07, 6.45) is 2.65. The normalized spacial score (nSPS) is 19.5. The van der Waals surface area contributed by atoms with Crippen molar-refractivity contribution >= 4 is 34.9 Å². The maximum atomic E-state index is 14.8. The minimum absolute atomic E-state index is 0.0212. The predicted octanol–water partition coefficient (Wildman–Crippen LogP) is 5.19. The number of hydrogen-bond acceptors (Lipinski definition) is 8. The Morgan fingerprint density at radius 3 is 2.50 bits per heavy atom. The van der Waals surface area contributed by atoms with Crippen LogP contribution in [-0.4, -0.2) is 74.1 Å². The van der Waals surface area contributed by atoms with Crippen molar-refractivity contribution in [2.45, 2.75) is 58.6 Å². The van der Waals surface area contributed by atoms with E-state index in [1.165, 1.54) is 18.2 Å². The second-order valence-electron chi connectivity index (χ2n) is 10.8. The van der Waals surface area contributed by atoms with Crippen molar-refractivity contribution < 1.29 is 37.0 Å². The molecule has 0 aromatic heterocycles. The second-order valence-corrected chi connectivity index (χ2v) is 11.2. The molecule has 0 saturated carbocycles. The third kappa shape index (κ3) is 8.84. The van der Waals surface area contributed by atoms with E-state index in [-0.39, 0.29) is 59.4 Å². The summed E-state index contributed by atoms with van der Waals surface area (Å²) in [5.74, 6) is -2.59. The molecule has 2 fully saturated rings. The molecule has 1 aromatic rings. The van der Waals surface area contributed by atoms with Gasteiger partial charge in [-0.3, -0.25) is 14.6 Å². The number of alkyl halides is 2. The first kappa shape index (κ1) is 33.7. The van der Waals surface area contributed by atoms with Crippen LogP contribution in [0.2, 0.25) is 5.02 Å². The quantitative estimate of drug-likeness (QED) is 0.245. The van der Waals surface area contributed by atoms with Gasteiger partial charge in [0.15, 0.2) is 11.6 Å². The molecule has 0 unspecified atom stereocenters. The molecule has 42 heavy (non-hydrogen) atoms. The summed E-state index contributed by atoms with van der Waals surface area (Å²) >= 11 is 5.96. The third-order valence-corrected chi connectivity index (χ3v) is 7.90. The molecule has 2 aliphatic rings. The zero-order chi connectivity index (χ0) is 30.9. The zero-order valence-electron chi connectivity index (χ0n) is 24.2. The minimum Gasteiger partial charge on any atom is -0.466 e.